The molecule has 0 saturated heterocycles. The molecule has 0 N–H and O–H groups in total. The number of carbonyl (C=O) groups is 2. The highest BCUT2D eigenvalue weighted by molar-refractivity contribution is 5.97. The minimum atomic E-state index is -0.0344. The van der Waals surface area contributed by atoms with E-state index in [0.717, 1.165) is 24.8 Å². The Morgan fingerprint density at radius 2 is 1.76 bits per heavy atom. The molecule has 0 aromatic heterocycles. The Hall–Kier alpha value is -2.82. The van der Waals surface area contributed by atoms with E-state index >= 15 is 0 Å². The van der Waals surface area contributed by atoms with Crippen molar-refractivity contribution in [2.45, 2.75) is 59.4 Å². The SMILES string of the molecule is CCN1CCCCN(C(=O)Cc2ccc(C)cc2)[C@@H](CC(C)C)COc2ccccc2C1=O. The predicted molar refractivity (Wildman–Crippen MR) is 133 cm³/mol. The number of hydrogen-bond donors (Lipinski definition) is 0. The van der Waals surface area contributed by atoms with Crippen molar-refractivity contribution in [2.75, 3.05) is 26.2 Å². The largest absolute Gasteiger partial charge is 0.491 e. The number of hydrogen-bond acceptors (Lipinski definition) is 3. The fraction of sp³-hybridized carbons (Fsp3) is 0.500. The molecule has 5 heteroatoms. The third-order valence-corrected chi connectivity index (χ3v) is 6.28. The molecule has 1 aliphatic rings. The fourth-order valence-electron chi connectivity index (χ4n) is 4.44. The normalized spacial score (nSPS) is 17.7. The van der Waals surface area contributed by atoms with E-state index in [9.17, 15) is 9.59 Å². The molecule has 3 rings (SSSR count). The highest BCUT2D eigenvalue weighted by atomic mass is 16.5. The Kier molecular flexibility index (Phi) is 8.93. The monoisotopic (exact) mass is 450 g/mol. The first-order valence-electron chi connectivity index (χ1n) is 12.2. The average molecular weight is 451 g/mol. The van der Waals surface area contributed by atoms with Gasteiger partial charge in [0.25, 0.3) is 5.91 Å². The molecule has 0 bridgehead atoms. The van der Waals surface area contributed by atoms with Crippen molar-refractivity contribution in [1.29, 1.82) is 0 Å². The lowest BCUT2D eigenvalue weighted by atomic mass is 10.0. The summed E-state index contributed by atoms with van der Waals surface area (Å²) < 4.78 is 6.24. The van der Waals surface area contributed by atoms with E-state index < -0.39 is 0 Å². The third-order valence-electron chi connectivity index (χ3n) is 6.28. The zero-order valence-electron chi connectivity index (χ0n) is 20.5. The van der Waals surface area contributed by atoms with E-state index in [1.165, 1.54) is 5.56 Å². The molecule has 1 aliphatic heterocycles. The summed E-state index contributed by atoms with van der Waals surface area (Å²) in [6, 6.07) is 15.6. The van der Waals surface area contributed by atoms with Crippen LogP contribution in [0.1, 0.15) is 61.5 Å². The van der Waals surface area contributed by atoms with E-state index in [2.05, 4.69) is 32.9 Å². The number of rotatable bonds is 5. The van der Waals surface area contributed by atoms with Crippen molar-refractivity contribution in [1.82, 2.24) is 9.80 Å². The summed E-state index contributed by atoms with van der Waals surface area (Å²) in [4.78, 5) is 30.5. The van der Waals surface area contributed by atoms with Gasteiger partial charge in [0.15, 0.2) is 0 Å². The summed E-state index contributed by atoms with van der Waals surface area (Å²) in [7, 11) is 0. The number of nitrogens with zero attached hydrogens (tertiary/aromatic N) is 2. The Morgan fingerprint density at radius 1 is 1.06 bits per heavy atom. The van der Waals surface area contributed by atoms with Crippen LogP contribution >= 0.6 is 0 Å². The molecule has 5 nitrogen and oxygen atoms in total. The van der Waals surface area contributed by atoms with Crippen LogP contribution in [-0.2, 0) is 11.2 Å². The summed E-state index contributed by atoms with van der Waals surface area (Å²) >= 11 is 0. The molecule has 33 heavy (non-hydrogen) atoms. The molecule has 1 atom stereocenters. The summed E-state index contributed by atoms with van der Waals surface area (Å²) in [5, 5.41) is 0. The standard InChI is InChI=1S/C28H38N2O3/c1-5-29-16-8-9-17-30(27(31)19-23-14-12-22(4)13-15-23)24(18-21(2)3)20-33-26-11-7-6-10-25(26)28(29)32/h6-7,10-15,21,24H,5,8-9,16-20H2,1-4H3/t24-/m0/s1. The lowest BCUT2D eigenvalue weighted by molar-refractivity contribution is -0.134. The summed E-state index contributed by atoms with van der Waals surface area (Å²) in [6.45, 7) is 10.8. The van der Waals surface area contributed by atoms with Gasteiger partial charge in [0.1, 0.15) is 12.4 Å². The van der Waals surface area contributed by atoms with Gasteiger partial charge in [-0.2, -0.15) is 0 Å². The van der Waals surface area contributed by atoms with Gasteiger partial charge >= 0.3 is 0 Å². The predicted octanol–water partition coefficient (Wildman–Crippen LogP) is 5.12. The molecule has 0 radical (unpaired) electrons. The van der Waals surface area contributed by atoms with Crippen LogP contribution in [0.2, 0.25) is 0 Å². The zero-order chi connectivity index (χ0) is 23.8. The average Bonchev–Trinajstić information content (AvgIpc) is 2.79. The van der Waals surface area contributed by atoms with Crippen LogP contribution in [0.4, 0.5) is 0 Å². The van der Waals surface area contributed by atoms with Crippen molar-refractivity contribution >= 4 is 11.8 Å². The maximum atomic E-state index is 13.5. The number of fused-ring (bicyclic) bond motifs is 1. The van der Waals surface area contributed by atoms with Crippen molar-refractivity contribution in [3.63, 3.8) is 0 Å². The molecule has 1 heterocycles. The van der Waals surface area contributed by atoms with Gasteiger partial charge in [-0.1, -0.05) is 55.8 Å². The Morgan fingerprint density at radius 3 is 2.45 bits per heavy atom. The second-order valence-corrected chi connectivity index (χ2v) is 9.43. The van der Waals surface area contributed by atoms with Gasteiger partial charge in [0.2, 0.25) is 5.91 Å². The van der Waals surface area contributed by atoms with Gasteiger partial charge in [-0.05, 0) is 56.7 Å². The van der Waals surface area contributed by atoms with Crippen molar-refractivity contribution in [2.24, 2.45) is 5.92 Å². The van der Waals surface area contributed by atoms with Crippen LogP contribution in [0.3, 0.4) is 0 Å². The minimum Gasteiger partial charge on any atom is -0.491 e. The van der Waals surface area contributed by atoms with Gasteiger partial charge < -0.3 is 14.5 Å². The van der Waals surface area contributed by atoms with Crippen LogP contribution in [0, 0.1) is 12.8 Å². The van der Waals surface area contributed by atoms with Gasteiger partial charge in [-0.3, -0.25) is 9.59 Å². The molecule has 0 fully saturated rings. The van der Waals surface area contributed by atoms with Crippen molar-refractivity contribution in [3.8, 4) is 5.75 Å². The third kappa shape index (κ3) is 6.83. The molecule has 2 amide bonds. The quantitative estimate of drug-likeness (QED) is 0.636. The Bertz CT molecular complexity index is 923. The molecule has 178 valence electrons. The number of amides is 2. The summed E-state index contributed by atoms with van der Waals surface area (Å²) in [5.74, 6) is 1.18. The highest BCUT2D eigenvalue weighted by Gasteiger charge is 2.27. The van der Waals surface area contributed by atoms with E-state index in [4.69, 9.17) is 4.74 Å². The second-order valence-electron chi connectivity index (χ2n) is 9.43. The summed E-state index contributed by atoms with van der Waals surface area (Å²) in [5.41, 5.74) is 2.83. The lowest BCUT2D eigenvalue weighted by Gasteiger charge is -2.34. The van der Waals surface area contributed by atoms with Gasteiger partial charge in [-0.25, -0.2) is 0 Å². The van der Waals surface area contributed by atoms with E-state index in [1.807, 2.05) is 53.1 Å². The molecule has 0 aliphatic carbocycles. The van der Waals surface area contributed by atoms with Crippen LogP contribution in [-0.4, -0.2) is 53.9 Å². The maximum Gasteiger partial charge on any atom is 0.257 e. The number of para-hydroxylation sites is 1. The second kappa shape index (κ2) is 11.9. The zero-order valence-corrected chi connectivity index (χ0v) is 20.5. The molecule has 2 aromatic rings. The van der Waals surface area contributed by atoms with Crippen molar-refractivity contribution in [3.05, 3.63) is 65.2 Å². The number of ether oxygens (including phenoxy) is 1. The summed E-state index contributed by atoms with van der Waals surface area (Å²) in [6.07, 6.45) is 2.98. The van der Waals surface area contributed by atoms with Crippen LogP contribution in [0.5, 0.6) is 5.75 Å². The molecule has 0 saturated carbocycles. The van der Waals surface area contributed by atoms with Gasteiger partial charge in [0, 0.05) is 19.6 Å². The topological polar surface area (TPSA) is 49.9 Å². The molecule has 0 unspecified atom stereocenters. The molecule has 2 aromatic carbocycles. The number of aryl methyl sites for hydroxylation is 1. The Labute approximate surface area is 198 Å². The lowest BCUT2D eigenvalue weighted by Crippen LogP contribution is -2.46. The van der Waals surface area contributed by atoms with E-state index in [-0.39, 0.29) is 17.9 Å². The van der Waals surface area contributed by atoms with Gasteiger partial charge in [0.05, 0.1) is 18.0 Å². The van der Waals surface area contributed by atoms with Crippen LogP contribution < -0.4 is 4.74 Å². The smallest absolute Gasteiger partial charge is 0.257 e. The Balaban J connectivity index is 1.87. The van der Waals surface area contributed by atoms with Crippen molar-refractivity contribution < 1.29 is 14.3 Å². The highest BCUT2D eigenvalue weighted by Crippen LogP contribution is 2.24. The maximum absolute atomic E-state index is 13.5. The van der Waals surface area contributed by atoms with E-state index in [1.54, 1.807) is 0 Å². The van der Waals surface area contributed by atoms with Crippen LogP contribution in [0.15, 0.2) is 48.5 Å². The number of carbonyl (C=O) groups excluding carboxylic acids is 2. The minimum absolute atomic E-state index is 0.0152. The first-order chi connectivity index (χ1) is 15.9. The first kappa shape index (κ1) is 24.8. The fourth-order valence-corrected chi connectivity index (χ4v) is 4.44. The van der Waals surface area contributed by atoms with Gasteiger partial charge in [-0.15, -0.1) is 0 Å². The molecular formula is C28H38N2O3. The van der Waals surface area contributed by atoms with E-state index in [0.29, 0.717) is 49.9 Å². The molecule has 0 spiro atoms. The molecular weight excluding hydrogens is 412 g/mol. The van der Waals surface area contributed by atoms with Crippen LogP contribution in [0.25, 0.3) is 0 Å². The number of benzene rings is 2. The first-order valence-corrected chi connectivity index (χ1v) is 12.2.